The van der Waals surface area contributed by atoms with Gasteiger partial charge in [0.2, 0.25) is 0 Å². The van der Waals surface area contributed by atoms with Gasteiger partial charge < -0.3 is 14.8 Å². The second-order valence-corrected chi connectivity index (χ2v) is 3.26. The Labute approximate surface area is 79.6 Å². The van der Waals surface area contributed by atoms with Crippen LogP contribution >= 0.6 is 0 Å². The number of rotatable bonds is 6. The second kappa shape index (κ2) is 6.86. The predicted molar refractivity (Wildman–Crippen MR) is 50.5 cm³/mol. The van der Waals surface area contributed by atoms with Crippen molar-refractivity contribution >= 4 is 5.97 Å². The van der Waals surface area contributed by atoms with Gasteiger partial charge in [0.25, 0.3) is 0 Å². The molecule has 1 N–H and O–H groups in total. The van der Waals surface area contributed by atoms with Crippen LogP contribution in [-0.4, -0.2) is 39.4 Å². The average Bonchev–Trinajstić information content (AvgIpc) is 2.11. The van der Waals surface area contributed by atoms with Crippen molar-refractivity contribution in [3.63, 3.8) is 0 Å². The number of carbonyl (C=O) groups excluding carboxylic acids is 1. The van der Waals surface area contributed by atoms with Crippen LogP contribution in [0.25, 0.3) is 0 Å². The SMILES string of the molecule is COCC(NCC(=O)OC)C(C)C. The van der Waals surface area contributed by atoms with Crippen LogP contribution in [0.15, 0.2) is 0 Å². The monoisotopic (exact) mass is 189 g/mol. The van der Waals surface area contributed by atoms with E-state index in [1.807, 2.05) is 0 Å². The van der Waals surface area contributed by atoms with Gasteiger partial charge in [-0.15, -0.1) is 0 Å². The third kappa shape index (κ3) is 5.60. The molecule has 0 aliphatic rings. The fourth-order valence-corrected chi connectivity index (χ4v) is 0.953. The van der Waals surface area contributed by atoms with Crippen molar-refractivity contribution in [1.82, 2.24) is 5.32 Å². The molecule has 0 fully saturated rings. The number of methoxy groups -OCH3 is 2. The first-order chi connectivity index (χ1) is 6.11. The maximum Gasteiger partial charge on any atom is 0.319 e. The van der Waals surface area contributed by atoms with Crippen molar-refractivity contribution in [2.24, 2.45) is 5.92 Å². The Morgan fingerprint density at radius 3 is 2.38 bits per heavy atom. The zero-order valence-electron chi connectivity index (χ0n) is 8.79. The number of nitrogens with one attached hydrogen (secondary N) is 1. The molecule has 0 aromatic heterocycles. The molecule has 0 bridgehead atoms. The first kappa shape index (κ1) is 12.4. The molecule has 0 aromatic carbocycles. The van der Waals surface area contributed by atoms with Gasteiger partial charge in [-0.3, -0.25) is 4.79 Å². The van der Waals surface area contributed by atoms with Crippen molar-refractivity contribution in [3.8, 4) is 0 Å². The van der Waals surface area contributed by atoms with Crippen molar-refractivity contribution in [2.45, 2.75) is 19.9 Å². The van der Waals surface area contributed by atoms with E-state index in [1.165, 1.54) is 7.11 Å². The Morgan fingerprint density at radius 1 is 1.38 bits per heavy atom. The summed E-state index contributed by atoms with van der Waals surface area (Å²) in [5.41, 5.74) is 0. The fourth-order valence-electron chi connectivity index (χ4n) is 0.953. The molecule has 1 atom stereocenters. The minimum absolute atomic E-state index is 0.198. The van der Waals surface area contributed by atoms with Crippen LogP contribution in [0.1, 0.15) is 13.8 Å². The lowest BCUT2D eigenvalue weighted by molar-refractivity contribution is -0.139. The van der Waals surface area contributed by atoms with Crippen LogP contribution in [0.4, 0.5) is 0 Å². The first-order valence-corrected chi connectivity index (χ1v) is 4.41. The number of hydrogen-bond donors (Lipinski definition) is 1. The van der Waals surface area contributed by atoms with Crippen LogP contribution in [0.3, 0.4) is 0 Å². The predicted octanol–water partition coefficient (Wildman–Crippen LogP) is 0.420. The van der Waals surface area contributed by atoms with Gasteiger partial charge in [0, 0.05) is 13.2 Å². The lowest BCUT2D eigenvalue weighted by Gasteiger charge is -2.20. The summed E-state index contributed by atoms with van der Waals surface area (Å²) in [7, 11) is 3.03. The van der Waals surface area contributed by atoms with Gasteiger partial charge in [-0.05, 0) is 5.92 Å². The molecule has 4 heteroatoms. The molecule has 0 saturated heterocycles. The van der Waals surface area contributed by atoms with Gasteiger partial charge in [0.15, 0.2) is 0 Å². The van der Waals surface area contributed by atoms with Gasteiger partial charge in [0.1, 0.15) is 0 Å². The highest BCUT2D eigenvalue weighted by Crippen LogP contribution is 2.01. The Hall–Kier alpha value is -0.610. The lowest BCUT2D eigenvalue weighted by Crippen LogP contribution is -2.40. The van der Waals surface area contributed by atoms with Crippen molar-refractivity contribution in [3.05, 3.63) is 0 Å². The third-order valence-corrected chi connectivity index (χ3v) is 1.89. The highest BCUT2D eigenvalue weighted by molar-refractivity contribution is 5.71. The molecule has 0 radical (unpaired) electrons. The van der Waals surface area contributed by atoms with Gasteiger partial charge in [-0.1, -0.05) is 13.8 Å². The summed E-state index contributed by atoms with van der Waals surface area (Å²) in [4.78, 5) is 10.8. The van der Waals surface area contributed by atoms with E-state index in [2.05, 4.69) is 23.9 Å². The lowest BCUT2D eigenvalue weighted by atomic mass is 10.1. The highest BCUT2D eigenvalue weighted by Gasteiger charge is 2.13. The summed E-state index contributed by atoms with van der Waals surface area (Å²) in [5.74, 6) is 0.186. The van der Waals surface area contributed by atoms with Crippen molar-refractivity contribution in [1.29, 1.82) is 0 Å². The summed E-state index contributed by atoms with van der Waals surface area (Å²) in [6.45, 7) is 5.00. The van der Waals surface area contributed by atoms with E-state index in [9.17, 15) is 4.79 Å². The number of esters is 1. The third-order valence-electron chi connectivity index (χ3n) is 1.89. The number of ether oxygens (including phenoxy) is 2. The minimum atomic E-state index is -0.248. The molecule has 13 heavy (non-hydrogen) atoms. The molecule has 78 valence electrons. The average molecular weight is 189 g/mol. The first-order valence-electron chi connectivity index (χ1n) is 4.41. The topological polar surface area (TPSA) is 47.6 Å². The minimum Gasteiger partial charge on any atom is -0.468 e. The zero-order chi connectivity index (χ0) is 10.3. The molecule has 0 aliphatic carbocycles. The smallest absolute Gasteiger partial charge is 0.319 e. The molecular weight excluding hydrogens is 170 g/mol. The second-order valence-electron chi connectivity index (χ2n) is 3.26. The molecule has 0 spiro atoms. The van der Waals surface area contributed by atoms with E-state index < -0.39 is 0 Å². The Balaban J connectivity index is 3.75. The molecular formula is C9H19NO3. The Morgan fingerprint density at radius 2 is 2.00 bits per heavy atom. The molecule has 0 amide bonds. The standard InChI is InChI=1S/C9H19NO3/c1-7(2)8(6-12-3)10-5-9(11)13-4/h7-8,10H,5-6H2,1-4H3. The maximum absolute atomic E-state index is 10.8. The molecule has 1 unspecified atom stereocenters. The molecule has 0 aliphatic heterocycles. The van der Waals surface area contributed by atoms with Crippen molar-refractivity contribution < 1.29 is 14.3 Å². The van der Waals surface area contributed by atoms with E-state index in [0.29, 0.717) is 12.5 Å². The molecule has 4 nitrogen and oxygen atoms in total. The van der Waals surface area contributed by atoms with Gasteiger partial charge in [-0.25, -0.2) is 0 Å². The molecule has 0 rings (SSSR count). The van der Waals surface area contributed by atoms with Crippen LogP contribution in [-0.2, 0) is 14.3 Å². The number of carbonyl (C=O) groups is 1. The van der Waals surface area contributed by atoms with E-state index in [-0.39, 0.29) is 18.6 Å². The normalized spacial score (nSPS) is 13.0. The Kier molecular flexibility index (Phi) is 6.54. The van der Waals surface area contributed by atoms with Crippen molar-refractivity contribution in [2.75, 3.05) is 27.4 Å². The zero-order valence-corrected chi connectivity index (χ0v) is 8.79. The molecule has 0 saturated carbocycles. The fraction of sp³-hybridized carbons (Fsp3) is 0.889. The van der Waals surface area contributed by atoms with Gasteiger partial charge in [-0.2, -0.15) is 0 Å². The largest absolute Gasteiger partial charge is 0.468 e. The quantitative estimate of drug-likeness (QED) is 0.615. The maximum atomic E-state index is 10.8. The van der Waals surface area contributed by atoms with E-state index >= 15 is 0 Å². The highest BCUT2D eigenvalue weighted by atomic mass is 16.5. The van der Waals surface area contributed by atoms with E-state index in [1.54, 1.807) is 7.11 Å². The van der Waals surface area contributed by atoms with Crippen LogP contribution < -0.4 is 5.32 Å². The number of hydrogen-bond acceptors (Lipinski definition) is 4. The Bertz CT molecular complexity index is 148. The summed E-state index contributed by atoms with van der Waals surface area (Å²) < 4.78 is 9.53. The van der Waals surface area contributed by atoms with Gasteiger partial charge >= 0.3 is 5.97 Å². The summed E-state index contributed by atoms with van der Waals surface area (Å²) >= 11 is 0. The van der Waals surface area contributed by atoms with Crippen LogP contribution in [0.2, 0.25) is 0 Å². The summed E-state index contributed by atoms with van der Waals surface area (Å²) in [5, 5.41) is 3.07. The van der Waals surface area contributed by atoms with Crippen LogP contribution in [0, 0.1) is 5.92 Å². The summed E-state index contributed by atoms with van der Waals surface area (Å²) in [6, 6.07) is 0.198. The van der Waals surface area contributed by atoms with E-state index in [0.717, 1.165) is 0 Å². The molecule has 0 aromatic rings. The molecule has 0 heterocycles. The van der Waals surface area contributed by atoms with E-state index in [4.69, 9.17) is 4.74 Å². The van der Waals surface area contributed by atoms with Crippen LogP contribution in [0.5, 0.6) is 0 Å². The van der Waals surface area contributed by atoms with Gasteiger partial charge in [0.05, 0.1) is 20.3 Å². The summed E-state index contributed by atoms with van der Waals surface area (Å²) in [6.07, 6.45) is 0.